The van der Waals surface area contributed by atoms with E-state index in [-0.39, 0.29) is 30.0 Å². The molecule has 25 heavy (non-hydrogen) atoms. The van der Waals surface area contributed by atoms with Gasteiger partial charge in [0.2, 0.25) is 0 Å². The minimum Gasteiger partial charge on any atom is -0.468 e. The molecule has 0 bridgehead atoms. The highest BCUT2D eigenvalue weighted by molar-refractivity contribution is 9.10. The maximum Gasteiger partial charge on any atom is 0.318 e. The van der Waals surface area contributed by atoms with Crippen LogP contribution in [0.4, 0.5) is 0 Å². The Morgan fingerprint density at radius 3 is 2.76 bits per heavy atom. The Hall–Kier alpha value is -1.17. The molecule has 0 amide bonds. The standard InChI is InChI=1S/C20H25BrO4/c1-13(17(23-2)14-7-4-5-9-16(14)21)10-11-20(19(22)24-3)15-8-6-12-25-18(15)20/h4-5,7,9-11,13,15,17-18H,6,8,12H2,1-3H3/t13-,15+,17+,18-,20-/m1/s1. The quantitative estimate of drug-likeness (QED) is 0.519. The van der Waals surface area contributed by atoms with Crippen LogP contribution in [0.15, 0.2) is 40.9 Å². The fourth-order valence-corrected chi connectivity index (χ4v) is 4.59. The third-order valence-electron chi connectivity index (χ3n) is 5.46. The van der Waals surface area contributed by atoms with Crippen LogP contribution in [0.5, 0.6) is 0 Å². The minimum atomic E-state index is -0.619. The van der Waals surface area contributed by atoms with E-state index >= 15 is 0 Å². The van der Waals surface area contributed by atoms with Gasteiger partial charge in [-0.15, -0.1) is 0 Å². The van der Waals surface area contributed by atoms with Crippen molar-refractivity contribution < 1.29 is 19.0 Å². The van der Waals surface area contributed by atoms with Crippen molar-refractivity contribution in [3.63, 3.8) is 0 Å². The predicted octanol–water partition coefficient (Wildman–Crippen LogP) is 4.30. The molecule has 1 aromatic carbocycles. The van der Waals surface area contributed by atoms with Gasteiger partial charge < -0.3 is 14.2 Å². The van der Waals surface area contributed by atoms with E-state index in [1.165, 1.54) is 7.11 Å². The molecule has 2 aliphatic rings. The third kappa shape index (κ3) is 3.29. The van der Waals surface area contributed by atoms with Gasteiger partial charge in [-0.1, -0.05) is 53.2 Å². The molecule has 1 aliphatic carbocycles. The third-order valence-corrected chi connectivity index (χ3v) is 6.18. The molecule has 1 aromatic rings. The van der Waals surface area contributed by atoms with Gasteiger partial charge in [-0.25, -0.2) is 0 Å². The number of rotatable bonds is 6. The van der Waals surface area contributed by atoms with Crippen LogP contribution in [0, 0.1) is 17.3 Å². The normalized spacial score (nSPS) is 30.6. The predicted molar refractivity (Wildman–Crippen MR) is 99.1 cm³/mol. The van der Waals surface area contributed by atoms with Gasteiger partial charge in [0.05, 0.1) is 19.3 Å². The first-order chi connectivity index (χ1) is 12.1. The van der Waals surface area contributed by atoms with Gasteiger partial charge in [0.1, 0.15) is 5.41 Å². The summed E-state index contributed by atoms with van der Waals surface area (Å²) in [4.78, 5) is 12.4. The van der Waals surface area contributed by atoms with Crippen LogP contribution >= 0.6 is 15.9 Å². The number of hydrogen-bond acceptors (Lipinski definition) is 4. The molecule has 0 radical (unpaired) electrons. The summed E-state index contributed by atoms with van der Waals surface area (Å²) < 4.78 is 17.7. The molecule has 0 N–H and O–H groups in total. The molecule has 5 heteroatoms. The first-order valence-electron chi connectivity index (χ1n) is 8.72. The maximum absolute atomic E-state index is 12.4. The average molecular weight is 409 g/mol. The van der Waals surface area contributed by atoms with E-state index in [0.29, 0.717) is 0 Å². The van der Waals surface area contributed by atoms with Crippen LogP contribution in [-0.4, -0.2) is 32.9 Å². The molecular weight excluding hydrogens is 384 g/mol. The van der Waals surface area contributed by atoms with Crippen LogP contribution in [0.25, 0.3) is 0 Å². The summed E-state index contributed by atoms with van der Waals surface area (Å²) in [5.41, 5.74) is 0.477. The second-order valence-electron chi connectivity index (χ2n) is 6.86. The summed E-state index contributed by atoms with van der Waals surface area (Å²) in [7, 11) is 3.16. The summed E-state index contributed by atoms with van der Waals surface area (Å²) >= 11 is 3.59. The Labute approximate surface area is 157 Å². The van der Waals surface area contributed by atoms with Crippen molar-refractivity contribution >= 4 is 21.9 Å². The zero-order chi connectivity index (χ0) is 18.0. The van der Waals surface area contributed by atoms with Gasteiger partial charge >= 0.3 is 5.97 Å². The lowest BCUT2D eigenvalue weighted by atomic mass is 9.93. The van der Waals surface area contributed by atoms with Crippen LogP contribution < -0.4 is 0 Å². The van der Waals surface area contributed by atoms with Crippen molar-refractivity contribution in [3.8, 4) is 0 Å². The monoisotopic (exact) mass is 408 g/mol. The Morgan fingerprint density at radius 2 is 2.16 bits per heavy atom. The first-order valence-corrected chi connectivity index (χ1v) is 9.52. The summed E-state index contributed by atoms with van der Waals surface area (Å²) in [6.07, 6.45) is 5.96. The fraction of sp³-hybridized carbons (Fsp3) is 0.550. The van der Waals surface area contributed by atoms with Crippen molar-refractivity contribution in [3.05, 3.63) is 46.5 Å². The molecule has 1 aliphatic heterocycles. The van der Waals surface area contributed by atoms with Crippen LogP contribution in [-0.2, 0) is 19.0 Å². The van der Waals surface area contributed by atoms with Gasteiger partial charge in [-0.2, -0.15) is 0 Å². The summed E-state index contributed by atoms with van der Waals surface area (Å²) in [5, 5.41) is 0. The van der Waals surface area contributed by atoms with Crippen molar-refractivity contribution in [1.29, 1.82) is 0 Å². The van der Waals surface area contributed by atoms with Crippen molar-refractivity contribution in [2.24, 2.45) is 17.3 Å². The lowest BCUT2D eigenvalue weighted by Gasteiger charge is -2.22. The smallest absolute Gasteiger partial charge is 0.318 e. The molecule has 4 nitrogen and oxygen atoms in total. The van der Waals surface area contributed by atoms with E-state index in [4.69, 9.17) is 14.2 Å². The molecule has 1 heterocycles. The minimum absolute atomic E-state index is 0.0402. The van der Waals surface area contributed by atoms with E-state index in [0.717, 1.165) is 29.5 Å². The first kappa shape index (κ1) is 18.6. The highest BCUT2D eigenvalue weighted by Crippen LogP contribution is 2.61. The highest BCUT2D eigenvalue weighted by atomic mass is 79.9. The largest absolute Gasteiger partial charge is 0.468 e. The molecule has 0 aromatic heterocycles. The molecule has 0 spiro atoms. The highest BCUT2D eigenvalue weighted by Gasteiger charge is 2.70. The van der Waals surface area contributed by atoms with E-state index in [9.17, 15) is 4.79 Å². The lowest BCUT2D eigenvalue weighted by molar-refractivity contribution is -0.146. The van der Waals surface area contributed by atoms with E-state index in [2.05, 4.69) is 35.0 Å². The van der Waals surface area contributed by atoms with Gasteiger partial charge in [0.15, 0.2) is 0 Å². The molecule has 2 fully saturated rings. The fourth-order valence-electron chi connectivity index (χ4n) is 4.08. The van der Waals surface area contributed by atoms with Gasteiger partial charge in [-0.05, 0) is 24.5 Å². The zero-order valence-corrected chi connectivity index (χ0v) is 16.5. The zero-order valence-electron chi connectivity index (χ0n) is 14.9. The molecule has 1 saturated heterocycles. The van der Waals surface area contributed by atoms with Crippen molar-refractivity contribution in [1.82, 2.24) is 0 Å². The van der Waals surface area contributed by atoms with Gasteiger partial charge in [0, 0.05) is 30.0 Å². The van der Waals surface area contributed by atoms with E-state index in [1.807, 2.05) is 24.3 Å². The number of esters is 1. The van der Waals surface area contributed by atoms with Gasteiger partial charge in [0.25, 0.3) is 0 Å². The summed E-state index contributed by atoms with van der Waals surface area (Å²) in [6, 6.07) is 8.05. The molecule has 0 unspecified atom stereocenters. The van der Waals surface area contributed by atoms with Crippen molar-refractivity contribution in [2.75, 3.05) is 20.8 Å². The van der Waals surface area contributed by atoms with Crippen LogP contribution in [0.2, 0.25) is 0 Å². The Morgan fingerprint density at radius 1 is 1.40 bits per heavy atom. The number of benzene rings is 1. The van der Waals surface area contributed by atoms with Crippen LogP contribution in [0.1, 0.15) is 31.4 Å². The number of methoxy groups -OCH3 is 2. The molecule has 1 saturated carbocycles. The topological polar surface area (TPSA) is 44.8 Å². The Kier molecular flexibility index (Phi) is 5.66. The second-order valence-corrected chi connectivity index (χ2v) is 7.72. The number of fused-ring (bicyclic) bond motifs is 1. The number of carbonyl (C=O) groups is 1. The number of ether oxygens (including phenoxy) is 3. The maximum atomic E-state index is 12.4. The lowest BCUT2D eigenvalue weighted by Crippen LogP contribution is -2.21. The molecular formula is C20H25BrO4. The van der Waals surface area contributed by atoms with Gasteiger partial charge in [-0.3, -0.25) is 4.79 Å². The number of carbonyl (C=O) groups excluding carboxylic acids is 1. The van der Waals surface area contributed by atoms with E-state index < -0.39 is 5.41 Å². The van der Waals surface area contributed by atoms with Crippen LogP contribution in [0.3, 0.4) is 0 Å². The summed E-state index contributed by atoms with van der Waals surface area (Å²) in [5.74, 6) is 0.150. The number of halogens is 1. The molecule has 5 atom stereocenters. The van der Waals surface area contributed by atoms with E-state index in [1.54, 1.807) is 7.11 Å². The average Bonchev–Trinajstić information content (AvgIpc) is 3.30. The summed E-state index contributed by atoms with van der Waals surface area (Å²) in [6.45, 7) is 2.82. The molecule has 3 rings (SSSR count). The Bertz CT molecular complexity index is 645. The van der Waals surface area contributed by atoms with Crippen molar-refractivity contribution in [2.45, 2.75) is 32.0 Å². The number of hydrogen-bond donors (Lipinski definition) is 0. The SMILES string of the molecule is COC(=O)[C@@]1(C=C[C@@H](C)[C@H](OC)c2ccccc2Br)[C@@H]2OCCC[C@@H]21. The second kappa shape index (κ2) is 7.60. The Balaban J connectivity index is 1.81. The molecule has 136 valence electrons.